The molecule has 0 bridgehead atoms. The van der Waals surface area contributed by atoms with Gasteiger partial charge in [0.05, 0.1) is 34.5 Å². The minimum atomic E-state index is -0.991. The molecule has 0 fully saturated rings. The summed E-state index contributed by atoms with van der Waals surface area (Å²) in [4.78, 5) is 28.5. The number of hydrogen-bond acceptors (Lipinski definition) is 4. The van der Waals surface area contributed by atoms with Gasteiger partial charge in [0.15, 0.2) is 0 Å². The van der Waals surface area contributed by atoms with Crippen LogP contribution >= 0.6 is 0 Å². The Morgan fingerprint density at radius 2 is 1.90 bits per heavy atom. The second kappa shape index (κ2) is 9.01. The number of rotatable bonds is 6. The van der Waals surface area contributed by atoms with E-state index in [2.05, 4.69) is 16.4 Å². The maximum absolute atomic E-state index is 13.0. The zero-order valence-corrected chi connectivity index (χ0v) is 16.7. The minimum absolute atomic E-state index is 0.196. The summed E-state index contributed by atoms with van der Waals surface area (Å²) in [5.74, 6) is -1.25. The Morgan fingerprint density at radius 1 is 1.17 bits per heavy atom. The van der Waals surface area contributed by atoms with E-state index in [4.69, 9.17) is 10.4 Å². The van der Waals surface area contributed by atoms with Crippen molar-refractivity contribution in [1.82, 2.24) is 10.3 Å². The maximum Gasteiger partial charge on any atom is 0.335 e. The highest BCUT2D eigenvalue weighted by Gasteiger charge is 2.17. The van der Waals surface area contributed by atoms with Gasteiger partial charge in [0.1, 0.15) is 0 Å². The number of pyridine rings is 1. The first kappa shape index (κ1) is 20.7. The smallest absolute Gasteiger partial charge is 0.335 e. The van der Waals surface area contributed by atoms with Gasteiger partial charge in [0.2, 0.25) is 0 Å². The predicted molar refractivity (Wildman–Crippen MR) is 112 cm³/mol. The number of amides is 1. The van der Waals surface area contributed by atoms with Crippen LogP contribution < -0.4 is 5.32 Å². The van der Waals surface area contributed by atoms with Crippen LogP contribution in [0.2, 0.25) is 0 Å². The Labute approximate surface area is 174 Å². The van der Waals surface area contributed by atoms with Crippen LogP contribution in [-0.4, -0.2) is 22.0 Å². The number of hydrogen-bond donors (Lipinski definition) is 2. The molecule has 6 nitrogen and oxygen atoms in total. The number of nitrogens with zero attached hydrogens (tertiary/aromatic N) is 2. The van der Waals surface area contributed by atoms with E-state index in [1.807, 2.05) is 26.0 Å². The van der Waals surface area contributed by atoms with E-state index in [0.29, 0.717) is 23.2 Å². The molecule has 0 aliphatic carbocycles. The van der Waals surface area contributed by atoms with E-state index >= 15 is 0 Å². The third-order valence-electron chi connectivity index (χ3n) is 4.78. The van der Waals surface area contributed by atoms with E-state index in [0.717, 1.165) is 16.7 Å². The van der Waals surface area contributed by atoms with Gasteiger partial charge in [-0.1, -0.05) is 24.3 Å². The molecule has 3 aromatic rings. The highest BCUT2D eigenvalue weighted by Crippen LogP contribution is 2.18. The lowest BCUT2D eigenvalue weighted by atomic mass is 10.0. The van der Waals surface area contributed by atoms with Crippen LogP contribution in [-0.2, 0) is 6.42 Å². The Bertz CT molecular complexity index is 1130. The summed E-state index contributed by atoms with van der Waals surface area (Å²) in [6, 6.07) is 17.3. The second-order valence-electron chi connectivity index (χ2n) is 7.12. The largest absolute Gasteiger partial charge is 0.478 e. The molecule has 1 aromatic heterocycles. The summed E-state index contributed by atoms with van der Waals surface area (Å²) < 4.78 is 0. The fourth-order valence-electron chi connectivity index (χ4n) is 3.15. The molecule has 3 rings (SSSR count). The number of aromatic nitrogens is 1. The Hall–Kier alpha value is -3.98. The highest BCUT2D eigenvalue weighted by molar-refractivity contribution is 5.95. The van der Waals surface area contributed by atoms with Crippen LogP contribution in [0.25, 0.3) is 0 Å². The highest BCUT2D eigenvalue weighted by atomic mass is 16.4. The zero-order chi connectivity index (χ0) is 21.7. The van der Waals surface area contributed by atoms with Crippen LogP contribution in [0.15, 0.2) is 60.8 Å². The topological polar surface area (TPSA) is 103 Å². The van der Waals surface area contributed by atoms with Crippen molar-refractivity contribution >= 4 is 11.9 Å². The minimum Gasteiger partial charge on any atom is -0.478 e. The van der Waals surface area contributed by atoms with Crippen molar-refractivity contribution in [3.63, 3.8) is 0 Å². The van der Waals surface area contributed by atoms with Gasteiger partial charge in [-0.25, -0.2) is 4.79 Å². The average molecular weight is 399 g/mol. The molecule has 0 spiro atoms. The molecule has 0 saturated carbocycles. The first-order valence-electron chi connectivity index (χ1n) is 9.46. The number of aryl methyl sites for hydroxylation is 1. The average Bonchev–Trinajstić information content (AvgIpc) is 2.75. The molecule has 0 unspecified atom stereocenters. The Balaban J connectivity index is 1.82. The van der Waals surface area contributed by atoms with Crippen LogP contribution in [0, 0.1) is 18.3 Å². The number of carboxylic acid groups (broad SMARTS) is 1. The number of aromatic carboxylic acids is 1. The van der Waals surface area contributed by atoms with Gasteiger partial charge >= 0.3 is 5.97 Å². The Kier molecular flexibility index (Phi) is 6.23. The third-order valence-corrected chi connectivity index (χ3v) is 4.78. The van der Waals surface area contributed by atoms with Crippen molar-refractivity contribution in [2.75, 3.05) is 0 Å². The van der Waals surface area contributed by atoms with Crippen molar-refractivity contribution < 1.29 is 14.7 Å². The molecule has 2 N–H and O–H groups in total. The van der Waals surface area contributed by atoms with Crippen molar-refractivity contribution in [3.05, 3.63) is 99.9 Å². The fraction of sp³-hybridized carbons (Fsp3) is 0.167. The molecule has 6 heteroatoms. The first-order valence-corrected chi connectivity index (χ1v) is 9.46. The number of nitrogens with one attached hydrogen (secondary N) is 1. The van der Waals surface area contributed by atoms with E-state index in [-0.39, 0.29) is 17.5 Å². The number of carboxylic acids is 1. The zero-order valence-electron chi connectivity index (χ0n) is 16.7. The van der Waals surface area contributed by atoms with Crippen molar-refractivity contribution in [3.8, 4) is 6.07 Å². The van der Waals surface area contributed by atoms with Crippen LogP contribution in [0.5, 0.6) is 0 Å². The summed E-state index contributed by atoms with van der Waals surface area (Å²) in [6.45, 7) is 3.71. The molecule has 1 heterocycles. The maximum atomic E-state index is 13.0. The molecule has 1 atom stereocenters. The van der Waals surface area contributed by atoms with Crippen molar-refractivity contribution in [1.29, 1.82) is 5.26 Å². The quantitative estimate of drug-likeness (QED) is 0.651. The van der Waals surface area contributed by atoms with Crippen LogP contribution in [0.4, 0.5) is 0 Å². The molecule has 2 aromatic carbocycles. The van der Waals surface area contributed by atoms with Gasteiger partial charge in [0, 0.05) is 12.6 Å². The summed E-state index contributed by atoms with van der Waals surface area (Å²) in [5, 5.41) is 21.1. The number of carbonyl (C=O) groups excluding carboxylic acids is 1. The molecule has 150 valence electrons. The van der Waals surface area contributed by atoms with Gasteiger partial charge in [-0.15, -0.1) is 0 Å². The number of nitriles is 1. The predicted octanol–water partition coefficient (Wildman–Crippen LogP) is 4.04. The molecular weight excluding hydrogens is 378 g/mol. The van der Waals surface area contributed by atoms with E-state index in [1.165, 1.54) is 12.1 Å². The fourth-order valence-corrected chi connectivity index (χ4v) is 3.15. The van der Waals surface area contributed by atoms with Crippen molar-refractivity contribution in [2.24, 2.45) is 0 Å². The molecule has 0 aliphatic rings. The molecular formula is C24H21N3O3. The number of benzene rings is 2. The third kappa shape index (κ3) is 4.89. The normalized spacial score (nSPS) is 11.4. The molecule has 0 aliphatic heterocycles. The van der Waals surface area contributed by atoms with Crippen molar-refractivity contribution in [2.45, 2.75) is 26.3 Å². The van der Waals surface area contributed by atoms with Gasteiger partial charge in [-0.05, 0) is 60.9 Å². The second-order valence-corrected chi connectivity index (χ2v) is 7.12. The standard InChI is InChI=1S/C24H21N3O3/c1-15-10-21(22(26-14-15)12-17-4-3-5-18(11-17)13-25)23(28)27-16(2)19-6-8-20(9-7-19)24(29)30/h3-11,14,16H,12H2,1-2H3,(H,27,28)(H,29,30)/t16-/m0/s1. The molecule has 0 radical (unpaired) electrons. The van der Waals surface area contributed by atoms with Gasteiger partial charge in [0.25, 0.3) is 5.91 Å². The lowest BCUT2D eigenvalue weighted by molar-refractivity contribution is 0.0696. The summed E-state index contributed by atoms with van der Waals surface area (Å²) in [7, 11) is 0. The van der Waals surface area contributed by atoms with Gasteiger partial charge in [-0.3, -0.25) is 9.78 Å². The van der Waals surface area contributed by atoms with E-state index < -0.39 is 5.97 Å². The van der Waals surface area contributed by atoms with Crippen LogP contribution in [0.1, 0.15) is 61.6 Å². The van der Waals surface area contributed by atoms with E-state index in [1.54, 1.807) is 36.5 Å². The van der Waals surface area contributed by atoms with Gasteiger partial charge < -0.3 is 10.4 Å². The summed E-state index contributed by atoms with van der Waals surface area (Å²) >= 11 is 0. The first-order chi connectivity index (χ1) is 14.4. The molecule has 1 amide bonds. The Morgan fingerprint density at radius 3 is 2.57 bits per heavy atom. The summed E-state index contributed by atoms with van der Waals surface area (Å²) in [6.07, 6.45) is 2.15. The lowest BCUT2D eigenvalue weighted by Gasteiger charge is -2.16. The van der Waals surface area contributed by atoms with Crippen LogP contribution in [0.3, 0.4) is 0 Å². The monoisotopic (exact) mass is 399 g/mol. The van der Waals surface area contributed by atoms with E-state index in [9.17, 15) is 9.59 Å². The number of carbonyl (C=O) groups is 2. The molecule has 30 heavy (non-hydrogen) atoms. The SMILES string of the molecule is Cc1cnc(Cc2cccc(C#N)c2)c(C(=O)N[C@@H](C)c2ccc(C(=O)O)cc2)c1. The van der Waals surface area contributed by atoms with Gasteiger partial charge in [-0.2, -0.15) is 5.26 Å². The lowest BCUT2D eigenvalue weighted by Crippen LogP contribution is -2.28. The molecule has 0 saturated heterocycles. The summed E-state index contributed by atoms with van der Waals surface area (Å²) in [5.41, 5.74) is 4.43.